The standard InChI is InChI=1S/C11H9NS2/c1-2-5-10-9(4-1)12(8-14-10)11-6-3-7-13-11/h1-7H,8H2. The average molecular weight is 219 g/mol. The Labute approximate surface area is 91.4 Å². The third-order valence-electron chi connectivity index (χ3n) is 2.28. The molecule has 14 heavy (non-hydrogen) atoms. The molecule has 0 atom stereocenters. The molecule has 1 nitrogen and oxygen atoms in total. The molecule has 1 aliphatic heterocycles. The lowest BCUT2D eigenvalue weighted by atomic mass is 10.3. The van der Waals surface area contributed by atoms with Gasteiger partial charge in [-0.1, -0.05) is 12.1 Å². The number of para-hydroxylation sites is 1. The topological polar surface area (TPSA) is 3.24 Å². The van der Waals surface area contributed by atoms with E-state index in [1.165, 1.54) is 15.6 Å². The Morgan fingerprint density at radius 2 is 2.00 bits per heavy atom. The van der Waals surface area contributed by atoms with Crippen molar-refractivity contribution in [3.8, 4) is 0 Å². The zero-order valence-corrected chi connectivity index (χ0v) is 9.15. The van der Waals surface area contributed by atoms with Crippen LogP contribution in [0.1, 0.15) is 0 Å². The van der Waals surface area contributed by atoms with Gasteiger partial charge in [0.2, 0.25) is 0 Å². The van der Waals surface area contributed by atoms with Crippen LogP contribution in [0.2, 0.25) is 0 Å². The van der Waals surface area contributed by atoms with Crippen molar-refractivity contribution >= 4 is 33.8 Å². The largest absolute Gasteiger partial charge is 0.322 e. The Kier molecular flexibility index (Phi) is 2.00. The zero-order chi connectivity index (χ0) is 9.38. The molecule has 1 aromatic heterocycles. The lowest BCUT2D eigenvalue weighted by Crippen LogP contribution is -2.09. The van der Waals surface area contributed by atoms with Crippen LogP contribution in [-0.2, 0) is 0 Å². The lowest BCUT2D eigenvalue weighted by molar-refractivity contribution is 1.20. The van der Waals surface area contributed by atoms with Crippen LogP contribution in [0, 0.1) is 0 Å². The second-order valence-corrected chi connectivity index (χ2v) is 5.03. The van der Waals surface area contributed by atoms with Crippen LogP contribution < -0.4 is 4.90 Å². The minimum absolute atomic E-state index is 1.04. The summed E-state index contributed by atoms with van der Waals surface area (Å²) in [6.45, 7) is 0. The van der Waals surface area contributed by atoms with Crippen molar-refractivity contribution in [2.45, 2.75) is 4.90 Å². The van der Waals surface area contributed by atoms with Crippen LogP contribution in [0.15, 0.2) is 46.7 Å². The molecular formula is C11H9NS2. The van der Waals surface area contributed by atoms with Gasteiger partial charge >= 0.3 is 0 Å². The Bertz CT molecular complexity index is 436. The van der Waals surface area contributed by atoms with Crippen molar-refractivity contribution in [3.05, 3.63) is 41.8 Å². The molecule has 2 heterocycles. The first-order valence-electron chi connectivity index (χ1n) is 4.48. The van der Waals surface area contributed by atoms with E-state index in [1.807, 2.05) is 11.8 Å². The maximum absolute atomic E-state index is 2.37. The summed E-state index contributed by atoms with van der Waals surface area (Å²) in [4.78, 5) is 3.76. The van der Waals surface area contributed by atoms with Gasteiger partial charge in [-0.2, -0.15) is 0 Å². The Morgan fingerprint density at radius 1 is 1.07 bits per heavy atom. The molecule has 2 aromatic rings. The van der Waals surface area contributed by atoms with E-state index < -0.39 is 0 Å². The summed E-state index contributed by atoms with van der Waals surface area (Å²) in [6.07, 6.45) is 0. The number of hydrogen-bond acceptors (Lipinski definition) is 3. The molecule has 0 amide bonds. The van der Waals surface area contributed by atoms with Gasteiger partial charge in [0.25, 0.3) is 0 Å². The predicted octanol–water partition coefficient (Wildman–Crippen LogP) is 3.95. The van der Waals surface area contributed by atoms with E-state index in [4.69, 9.17) is 0 Å². The smallest absolute Gasteiger partial charge is 0.0961 e. The number of fused-ring (bicyclic) bond motifs is 1. The van der Waals surface area contributed by atoms with E-state index in [2.05, 4.69) is 46.7 Å². The van der Waals surface area contributed by atoms with Crippen LogP contribution >= 0.6 is 23.1 Å². The van der Waals surface area contributed by atoms with Gasteiger partial charge in [0.1, 0.15) is 0 Å². The molecule has 0 bridgehead atoms. The Morgan fingerprint density at radius 3 is 2.86 bits per heavy atom. The van der Waals surface area contributed by atoms with Crippen molar-refractivity contribution in [2.24, 2.45) is 0 Å². The molecule has 3 heteroatoms. The number of benzene rings is 1. The molecule has 0 spiro atoms. The first-order valence-corrected chi connectivity index (χ1v) is 6.34. The van der Waals surface area contributed by atoms with Crippen LogP contribution in [-0.4, -0.2) is 5.88 Å². The Hall–Kier alpha value is -0.930. The van der Waals surface area contributed by atoms with Gasteiger partial charge in [0.15, 0.2) is 0 Å². The minimum atomic E-state index is 1.04. The molecule has 3 rings (SSSR count). The normalized spacial score (nSPS) is 14.4. The molecule has 0 aliphatic carbocycles. The maximum atomic E-state index is 2.37. The fourth-order valence-electron chi connectivity index (χ4n) is 1.61. The van der Waals surface area contributed by atoms with Crippen molar-refractivity contribution in [2.75, 3.05) is 10.8 Å². The van der Waals surface area contributed by atoms with Gasteiger partial charge in [-0.15, -0.1) is 23.1 Å². The number of anilines is 2. The summed E-state index contributed by atoms with van der Waals surface area (Å²) >= 11 is 3.70. The molecule has 0 N–H and O–H groups in total. The van der Waals surface area contributed by atoms with Crippen molar-refractivity contribution in [3.63, 3.8) is 0 Å². The molecular weight excluding hydrogens is 210 g/mol. The van der Waals surface area contributed by atoms with Crippen molar-refractivity contribution in [1.82, 2.24) is 0 Å². The number of rotatable bonds is 1. The fraction of sp³-hybridized carbons (Fsp3) is 0.0909. The highest BCUT2D eigenvalue weighted by atomic mass is 32.2. The zero-order valence-electron chi connectivity index (χ0n) is 7.51. The Balaban J connectivity index is 2.06. The van der Waals surface area contributed by atoms with Gasteiger partial charge in [-0.05, 0) is 29.6 Å². The highest BCUT2D eigenvalue weighted by Crippen LogP contribution is 2.43. The first kappa shape index (κ1) is 8.38. The molecule has 0 saturated heterocycles. The van der Waals surface area contributed by atoms with Crippen LogP contribution in [0.25, 0.3) is 0 Å². The van der Waals surface area contributed by atoms with E-state index >= 15 is 0 Å². The number of thiophene rings is 1. The van der Waals surface area contributed by atoms with E-state index in [-0.39, 0.29) is 0 Å². The van der Waals surface area contributed by atoms with Gasteiger partial charge in [0, 0.05) is 4.90 Å². The summed E-state index contributed by atoms with van der Waals surface area (Å²) in [6, 6.07) is 12.9. The maximum Gasteiger partial charge on any atom is 0.0961 e. The number of hydrogen-bond donors (Lipinski definition) is 0. The molecule has 70 valence electrons. The van der Waals surface area contributed by atoms with E-state index in [9.17, 15) is 0 Å². The second-order valence-electron chi connectivity index (χ2n) is 3.12. The third kappa shape index (κ3) is 1.24. The molecule has 0 unspecified atom stereocenters. The van der Waals surface area contributed by atoms with E-state index in [0.29, 0.717) is 0 Å². The quantitative estimate of drug-likeness (QED) is 0.714. The third-order valence-corrected chi connectivity index (χ3v) is 4.21. The molecule has 0 saturated carbocycles. The highest BCUT2D eigenvalue weighted by Gasteiger charge is 2.20. The predicted molar refractivity (Wildman–Crippen MR) is 63.6 cm³/mol. The SMILES string of the molecule is c1csc(N2CSc3ccccc32)c1. The van der Waals surface area contributed by atoms with Crippen LogP contribution in [0.4, 0.5) is 10.7 Å². The van der Waals surface area contributed by atoms with E-state index in [1.54, 1.807) is 11.3 Å². The lowest BCUT2D eigenvalue weighted by Gasteiger charge is -2.15. The van der Waals surface area contributed by atoms with Gasteiger partial charge in [-0.3, -0.25) is 0 Å². The summed E-state index contributed by atoms with van der Waals surface area (Å²) < 4.78 is 0. The molecule has 0 fully saturated rings. The summed E-state index contributed by atoms with van der Waals surface area (Å²) in [5, 5.41) is 3.46. The first-order chi connectivity index (χ1) is 6.95. The number of thioether (sulfide) groups is 1. The molecule has 1 aromatic carbocycles. The van der Waals surface area contributed by atoms with Crippen molar-refractivity contribution in [1.29, 1.82) is 0 Å². The van der Waals surface area contributed by atoms with Crippen LogP contribution in [0.5, 0.6) is 0 Å². The van der Waals surface area contributed by atoms with E-state index in [0.717, 1.165) is 5.88 Å². The number of nitrogens with zero attached hydrogens (tertiary/aromatic N) is 1. The summed E-state index contributed by atoms with van der Waals surface area (Å²) in [5.74, 6) is 1.04. The monoisotopic (exact) mass is 219 g/mol. The summed E-state index contributed by atoms with van der Waals surface area (Å²) in [7, 11) is 0. The summed E-state index contributed by atoms with van der Waals surface area (Å²) in [5.41, 5.74) is 1.35. The van der Waals surface area contributed by atoms with Gasteiger partial charge in [0.05, 0.1) is 16.6 Å². The molecule has 0 radical (unpaired) electrons. The van der Waals surface area contributed by atoms with Crippen LogP contribution in [0.3, 0.4) is 0 Å². The van der Waals surface area contributed by atoms with Crippen molar-refractivity contribution < 1.29 is 0 Å². The average Bonchev–Trinajstić information content (AvgIpc) is 2.85. The highest BCUT2D eigenvalue weighted by molar-refractivity contribution is 7.99. The van der Waals surface area contributed by atoms with Gasteiger partial charge < -0.3 is 4.90 Å². The minimum Gasteiger partial charge on any atom is -0.322 e. The van der Waals surface area contributed by atoms with Gasteiger partial charge in [-0.25, -0.2) is 0 Å². The fourth-order valence-corrected chi connectivity index (χ4v) is 3.48. The second kappa shape index (κ2) is 3.33. The molecule has 1 aliphatic rings.